The zero-order chi connectivity index (χ0) is 21.3. The maximum absolute atomic E-state index is 12.5. The topological polar surface area (TPSA) is 88.8 Å². The number of carbonyl (C=O) groups excluding carboxylic acids is 2. The third-order valence-corrected chi connectivity index (χ3v) is 7.56. The minimum Gasteiger partial charge on any atom is -0.341 e. The molecule has 0 aliphatic carbocycles. The zero-order valence-electron chi connectivity index (χ0n) is 17.2. The highest BCUT2D eigenvalue weighted by molar-refractivity contribution is 7.92. The summed E-state index contributed by atoms with van der Waals surface area (Å²) >= 11 is 1.33. The molecule has 1 fully saturated rings. The highest BCUT2D eigenvalue weighted by Gasteiger charge is 2.29. The molecule has 7 nitrogen and oxygen atoms in total. The molecule has 2 amide bonds. The van der Waals surface area contributed by atoms with E-state index < -0.39 is 33.2 Å². The second kappa shape index (κ2) is 8.39. The summed E-state index contributed by atoms with van der Waals surface area (Å²) < 4.78 is 27.6. The smallest absolute Gasteiger partial charge is 0.263 e. The van der Waals surface area contributed by atoms with Crippen LogP contribution in [-0.4, -0.2) is 54.3 Å². The first-order valence-electron chi connectivity index (χ1n) is 9.66. The lowest BCUT2D eigenvalue weighted by atomic mass is 9.92. The second-order valence-electron chi connectivity index (χ2n) is 8.20. The first kappa shape index (κ1) is 21.7. The minimum absolute atomic E-state index is 0.346. The summed E-state index contributed by atoms with van der Waals surface area (Å²) in [5.74, 6) is -1.90. The molecule has 158 valence electrons. The number of sulfone groups is 1. The highest BCUT2D eigenvalue weighted by Crippen LogP contribution is 2.21. The van der Waals surface area contributed by atoms with Gasteiger partial charge in [-0.15, -0.1) is 0 Å². The van der Waals surface area contributed by atoms with Crippen LogP contribution in [0.25, 0.3) is 10.2 Å². The van der Waals surface area contributed by atoms with Gasteiger partial charge in [-0.1, -0.05) is 31.3 Å². The number of nitrogens with zero attached hydrogens (tertiary/aromatic N) is 3. The van der Waals surface area contributed by atoms with E-state index in [0.29, 0.717) is 29.7 Å². The standard InChI is InChI=1S/C20H27N3O4S2/c1-13-5-6-16-17(8-13)28-20(22(16)4)21-18(24)11-29(26,27)12-19(25)23-9-14(2)7-15(3)10-23/h5-6,8,14-15H,7,9-12H2,1-4H3. The van der Waals surface area contributed by atoms with E-state index in [9.17, 15) is 18.0 Å². The van der Waals surface area contributed by atoms with Gasteiger partial charge in [-0.25, -0.2) is 8.42 Å². The van der Waals surface area contributed by atoms with Crippen LogP contribution in [0.2, 0.25) is 0 Å². The number of aromatic nitrogens is 1. The Hall–Kier alpha value is -2.00. The van der Waals surface area contributed by atoms with Crippen molar-refractivity contribution in [3.63, 3.8) is 0 Å². The number of likely N-dealkylation sites (tertiary alicyclic amines) is 1. The highest BCUT2D eigenvalue weighted by atomic mass is 32.2. The molecule has 3 rings (SSSR count). The fourth-order valence-electron chi connectivity index (χ4n) is 3.87. The van der Waals surface area contributed by atoms with Crippen LogP contribution >= 0.6 is 11.3 Å². The Morgan fingerprint density at radius 1 is 1.17 bits per heavy atom. The molecule has 1 aliphatic heterocycles. The van der Waals surface area contributed by atoms with Gasteiger partial charge in [0.15, 0.2) is 14.6 Å². The summed E-state index contributed by atoms with van der Waals surface area (Å²) in [7, 11) is -2.08. The van der Waals surface area contributed by atoms with E-state index in [1.165, 1.54) is 11.3 Å². The molecular weight excluding hydrogens is 410 g/mol. The SMILES string of the molecule is Cc1ccc2c(c1)sc(=NC(=O)CS(=O)(=O)CC(=O)N1CC(C)CC(C)C1)n2C. The summed E-state index contributed by atoms with van der Waals surface area (Å²) in [5, 5.41) is 0. The molecule has 2 unspecified atom stereocenters. The van der Waals surface area contributed by atoms with E-state index >= 15 is 0 Å². The molecule has 1 aromatic carbocycles. The van der Waals surface area contributed by atoms with Gasteiger partial charge in [-0.2, -0.15) is 4.99 Å². The van der Waals surface area contributed by atoms with E-state index in [1.807, 2.05) is 25.1 Å². The molecule has 0 saturated carbocycles. The number of fused-ring (bicyclic) bond motifs is 1. The molecule has 0 N–H and O–H groups in total. The van der Waals surface area contributed by atoms with Gasteiger partial charge in [-0.3, -0.25) is 9.59 Å². The van der Waals surface area contributed by atoms with E-state index in [0.717, 1.165) is 22.2 Å². The largest absolute Gasteiger partial charge is 0.341 e. The van der Waals surface area contributed by atoms with Crippen molar-refractivity contribution in [3.8, 4) is 0 Å². The van der Waals surface area contributed by atoms with Crippen molar-refractivity contribution in [1.29, 1.82) is 0 Å². The van der Waals surface area contributed by atoms with Crippen LogP contribution in [0.15, 0.2) is 23.2 Å². The fourth-order valence-corrected chi connectivity index (χ4v) is 6.11. The van der Waals surface area contributed by atoms with Crippen molar-refractivity contribution in [3.05, 3.63) is 28.6 Å². The molecule has 2 atom stereocenters. The third-order valence-electron chi connectivity index (χ3n) is 5.09. The monoisotopic (exact) mass is 437 g/mol. The number of aryl methyl sites for hydroxylation is 2. The summed E-state index contributed by atoms with van der Waals surface area (Å²) in [6.45, 7) is 7.22. The first-order valence-corrected chi connectivity index (χ1v) is 12.3. The molecule has 0 spiro atoms. The molecule has 1 aliphatic rings. The Kier molecular flexibility index (Phi) is 6.28. The number of rotatable bonds is 4. The number of benzene rings is 1. The Balaban J connectivity index is 1.72. The van der Waals surface area contributed by atoms with Crippen LogP contribution in [-0.2, 0) is 26.5 Å². The second-order valence-corrected chi connectivity index (χ2v) is 11.3. The molecule has 1 aromatic heterocycles. The van der Waals surface area contributed by atoms with Crippen LogP contribution in [0.1, 0.15) is 25.8 Å². The van der Waals surface area contributed by atoms with E-state index in [4.69, 9.17) is 0 Å². The number of piperidine rings is 1. The maximum Gasteiger partial charge on any atom is 0.263 e. The summed E-state index contributed by atoms with van der Waals surface area (Å²) in [5.41, 5.74) is 2.03. The van der Waals surface area contributed by atoms with Crippen molar-refractivity contribution in [2.75, 3.05) is 24.6 Å². The van der Waals surface area contributed by atoms with Gasteiger partial charge in [-0.05, 0) is 42.9 Å². The van der Waals surface area contributed by atoms with Crippen molar-refractivity contribution in [2.24, 2.45) is 23.9 Å². The molecule has 0 radical (unpaired) electrons. The predicted octanol–water partition coefficient (Wildman–Crippen LogP) is 1.89. The number of carbonyl (C=O) groups is 2. The summed E-state index contributed by atoms with van der Waals surface area (Å²) in [6.07, 6.45) is 1.03. The summed E-state index contributed by atoms with van der Waals surface area (Å²) in [4.78, 5) is 30.8. The molecular formula is C20H27N3O4S2. The lowest BCUT2D eigenvalue weighted by Crippen LogP contribution is -2.45. The quantitative estimate of drug-likeness (QED) is 0.731. The Morgan fingerprint density at radius 3 is 2.48 bits per heavy atom. The van der Waals surface area contributed by atoms with Crippen LogP contribution in [0.3, 0.4) is 0 Å². The molecule has 9 heteroatoms. The van der Waals surface area contributed by atoms with Gasteiger partial charge >= 0.3 is 0 Å². The van der Waals surface area contributed by atoms with E-state index in [2.05, 4.69) is 18.8 Å². The van der Waals surface area contributed by atoms with Crippen LogP contribution in [0, 0.1) is 18.8 Å². The Labute approximate surface area is 175 Å². The first-order chi connectivity index (χ1) is 13.5. The normalized spacial score (nSPS) is 21.0. The summed E-state index contributed by atoms with van der Waals surface area (Å²) in [6, 6.07) is 5.92. The maximum atomic E-state index is 12.5. The number of hydrogen-bond acceptors (Lipinski definition) is 5. The van der Waals surface area contributed by atoms with Crippen molar-refractivity contribution < 1.29 is 18.0 Å². The molecule has 0 bridgehead atoms. The van der Waals surface area contributed by atoms with Crippen molar-refractivity contribution in [1.82, 2.24) is 9.47 Å². The molecule has 2 aromatic rings. The van der Waals surface area contributed by atoms with Gasteiger partial charge < -0.3 is 9.47 Å². The number of thiazole rings is 1. The van der Waals surface area contributed by atoms with E-state index in [1.54, 1.807) is 16.5 Å². The van der Waals surface area contributed by atoms with Crippen LogP contribution in [0.4, 0.5) is 0 Å². The molecule has 29 heavy (non-hydrogen) atoms. The zero-order valence-corrected chi connectivity index (χ0v) is 18.8. The molecule has 2 heterocycles. The fraction of sp³-hybridized carbons (Fsp3) is 0.550. The van der Waals surface area contributed by atoms with Gasteiger partial charge in [0.25, 0.3) is 5.91 Å². The Bertz CT molecular complexity index is 1100. The predicted molar refractivity (Wildman–Crippen MR) is 114 cm³/mol. The third kappa shape index (κ3) is 5.33. The lowest BCUT2D eigenvalue weighted by Gasteiger charge is -2.34. The van der Waals surface area contributed by atoms with Gasteiger partial charge in [0.05, 0.1) is 10.2 Å². The van der Waals surface area contributed by atoms with Gasteiger partial charge in [0.2, 0.25) is 5.91 Å². The van der Waals surface area contributed by atoms with Crippen molar-refractivity contribution in [2.45, 2.75) is 27.2 Å². The lowest BCUT2D eigenvalue weighted by molar-refractivity contribution is -0.131. The van der Waals surface area contributed by atoms with Crippen LogP contribution < -0.4 is 4.80 Å². The number of hydrogen-bond donors (Lipinski definition) is 0. The Morgan fingerprint density at radius 2 is 1.83 bits per heavy atom. The average Bonchev–Trinajstić information content (AvgIpc) is 2.87. The van der Waals surface area contributed by atoms with Crippen molar-refractivity contribution >= 4 is 43.2 Å². The molecule has 1 saturated heterocycles. The number of amides is 2. The average molecular weight is 438 g/mol. The van der Waals surface area contributed by atoms with Crippen LogP contribution in [0.5, 0.6) is 0 Å². The van der Waals surface area contributed by atoms with Gasteiger partial charge in [0, 0.05) is 20.1 Å². The van der Waals surface area contributed by atoms with Gasteiger partial charge in [0.1, 0.15) is 11.5 Å². The van der Waals surface area contributed by atoms with E-state index in [-0.39, 0.29) is 0 Å². The minimum atomic E-state index is -3.87.